The zero-order valence-electron chi connectivity index (χ0n) is 9.86. The van der Waals surface area contributed by atoms with Crippen LogP contribution >= 0.6 is 0 Å². The minimum absolute atomic E-state index is 0.152. The molecule has 1 atom stereocenters. The van der Waals surface area contributed by atoms with Gasteiger partial charge in [0.15, 0.2) is 0 Å². The summed E-state index contributed by atoms with van der Waals surface area (Å²) in [4.78, 5) is 11.2. The van der Waals surface area contributed by atoms with Crippen molar-refractivity contribution in [1.29, 1.82) is 0 Å². The first kappa shape index (κ1) is 12.7. The summed E-state index contributed by atoms with van der Waals surface area (Å²) in [5.74, 6) is -1.41. The van der Waals surface area contributed by atoms with Crippen molar-refractivity contribution in [2.45, 2.75) is 32.6 Å². The largest absolute Gasteiger partial charge is 0.481 e. The lowest BCUT2D eigenvalue weighted by Crippen LogP contribution is -2.23. The molecule has 0 saturated carbocycles. The Morgan fingerprint density at radius 3 is 2.12 bits per heavy atom. The van der Waals surface area contributed by atoms with E-state index in [-0.39, 0.29) is 6.54 Å². The summed E-state index contributed by atoms with van der Waals surface area (Å²) in [6, 6.07) is 5.96. The minimum atomic E-state index is -0.835. The molecule has 0 heterocycles. The van der Waals surface area contributed by atoms with E-state index < -0.39 is 11.9 Å². The van der Waals surface area contributed by atoms with Crippen molar-refractivity contribution in [3.8, 4) is 0 Å². The van der Waals surface area contributed by atoms with Crippen LogP contribution < -0.4 is 5.73 Å². The number of hydrogen-bond donors (Lipinski definition) is 2. The molecule has 16 heavy (non-hydrogen) atoms. The Hall–Kier alpha value is -1.35. The number of carboxylic acid groups (broad SMARTS) is 1. The van der Waals surface area contributed by atoms with E-state index in [1.54, 1.807) is 0 Å². The zero-order valence-corrected chi connectivity index (χ0v) is 9.86. The average Bonchev–Trinajstić information content (AvgIpc) is 2.29. The van der Waals surface area contributed by atoms with Crippen LogP contribution in [-0.4, -0.2) is 17.6 Å². The highest BCUT2D eigenvalue weighted by molar-refractivity contribution is 5.77. The van der Waals surface area contributed by atoms with E-state index in [1.165, 1.54) is 0 Å². The Kier molecular flexibility index (Phi) is 4.50. The second-order valence-electron chi connectivity index (χ2n) is 3.82. The van der Waals surface area contributed by atoms with Crippen LogP contribution in [0.2, 0.25) is 0 Å². The van der Waals surface area contributed by atoms with Crippen molar-refractivity contribution in [3.05, 3.63) is 34.9 Å². The second kappa shape index (κ2) is 5.66. The molecular formula is C13H19NO2. The van der Waals surface area contributed by atoms with Gasteiger partial charge in [-0.25, -0.2) is 0 Å². The van der Waals surface area contributed by atoms with Gasteiger partial charge in [0.1, 0.15) is 0 Å². The number of carbonyl (C=O) groups is 1. The molecular weight excluding hydrogens is 202 g/mol. The molecule has 1 aromatic rings. The fourth-order valence-electron chi connectivity index (χ4n) is 2.07. The van der Waals surface area contributed by atoms with Gasteiger partial charge in [0.05, 0.1) is 5.92 Å². The maximum absolute atomic E-state index is 11.2. The maximum Gasteiger partial charge on any atom is 0.312 e. The predicted molar refractivity (Wildman–Crippen MR) is 64.6 cm³/mol. The highest BCUT2D eigenvalue weighted by Gasteiger charge is 2.22. The first-order chi connectivity index (χ1) is 7.65. The molecule has 0 saturated heterocycles. The van der Waals surface area contributed by atoms with Crippen LogP contribution in [0, 0.1) is 0 Å². The molecule has 0 aliphatic heterocycles. The van der Waals surface area contributed by atoms with Crippen LogP contribution in [0.1, 0.15) is 36.5 Å². The van der Waals surface area contributed by atoms with Gasteiger partial charge in [0, 0.05) is 6.54 Å². The fourth-order valence-corrected chi connectivity index (χ4v) is 2.07. The van der Waals surface area contributed by atoms with Crippen molar-refractivity contribution >= 4 is 5.97 Å². The van der Waals surface area contributed by atoms with E-state index >= 15 is 0 Å². The van der Waals surface area contributed by atoms with Crippen LogP contribution in [0.4, 0.5) is 0 Å². The van der Waals surface area contributed by atoms with Crippen LogP contribution in [0.25, 0.3) is 0 Å². The summed E-state index contributed by atoms with van der Waals surface area (Å²) < 4.78 is 0. The number of benzene rings is 1. The Morgan fingerprint density at radius 2 is 1.81 bits per heavy atom. The smallest absolute Gasteiger partial charge is 0.312 e. The second-order valence-corrected chi connectivity index (χ2v) is 3.82. The predicted octanol–water partition coefficient (Wildman–Crippen LogP) is 1.94. The Balaban J connectivity index is 3.31. The molecule has 0 fully saturated rings. The van der Waals surface area contributed by atoms with Crippen molar-refractivity contribution in [1.82, 2.24) is 0 Å². The molecule has 0 aliphatic carbocycles. The van der Waals surface area contributed by atoms with Crippen molar-refractivity contribution in [2.75, 3.05) is 6.54 Å². The van der Waals surface area contributed by atoms with Crippen LogP contribution in [-0.2, 0) is 17.6 Å². The van der Waals surface area contributed by atoms with Gasteiger partial charge >= 0.3 is 5.97 Å². The van der Waals surface area contributed by atoms with Crippen molar-refractivity contribution in [2.24, 2.45) is 5.73 Å². The molecule has 88 valence electrons. The van der Waals surface area contributed by atoms with E-state index in [1.807, 2.05) is 32.0 Å². The van der Waals surface area contributed by atoms with Gasteiger partial charge in [-0.15, -0.1) is 0 Å². The summed E-state index contributed by atoms with van der Waals surface area (Å²) >= 11 is 0. The van der Waals surface area contributed by atoms with Gasteiger partial charge < -0.3 is 10.8 Å². The minimum Gasteiger partial charge on any atom is -0.481 e. The third kappa shape index (κ3) is 2.42. The number of rotatable bonds is 5. The number of carboxylic acids is 1. The Bertz CT molecular complexity index is 352. The van der Waals surface area contributed by atoms with E-state index in [0.29, 0.717) is 0 Å². The molecule has 3 N–H and O–H groups in total. The summed E-state index contributed by atoms with van der Waals surface area (Å²) in [5, 5.41) is 9.19. The van der Waals surface area contributed by atoms with Gasteiger partial charge in [-0.05, 0) is 29.5 Å². The van der Waals surface area contributed by atoms with E-state index in [9.17, 15) is 9.90 Å². The summed E-state index contributed by atoms with van der Waals surface area (Å²) in [6.07, 6.45) is 1.68. The van der Waals surface area contributed by atoms with Gasteiger partial charge in [0.2, 0.25) is 0 Å². The third-order valence-electron chi connectivity index (χ3n) is 2.93. The maximum atomic E-state index is 11.2. The monoisotopic (exact) mass is 221 g/mol. The zero-order chi connectivity index (χ0) is 12.1. The molecule has 0 amide bonds. The molecule has 0 aliphatic rings. The number of hydrogen-bond acceptors (Lipinski definition) is 2. The van der Waals surface area contributed by atoms with Crippen molar-refractivity contribution in [3.63, 3.8) is 0 Å². The summed E-state index contributed by atoms with van der Waals surface area (Å²) in [6.45, 7) is 4.22. The van der Waals surface area contributed by atoms with Crippen molar-refractivity contribution < 1.29 is 9.90 Å². The molecule has 0 bridgehead atoms. The highest BCUT2D eigenvalue weighted by atomic mass is 16.4. The first-order valence-electron chi connectivity index (χ1n) is 5.69. The first-order valence-corrected chi connectivity index (χ1v) is 5.69. The third-order valence-corrected chi connectivity index (χ3v) is 2.93. The lowest BCUT2D eigenvalue weighted by molar-refractivity contribution is -0.138. The van der Waals surface area contributed by atoms with E-state index in [2.05, 4.69) is 0 Å². The highest BCUT2D eigenvalue weighted by Crippen LogP contribution is 2.25. The molecule has 3 heteroatoms. The molecule has 0 radical (unpaired) electrons. The number of aryl methyl sites for hydroxylation is 2. The lowest BCUT2D eigenvalue weighted by atomic mass is 9.87. The molecule has 3 nitrogen and oxygen atoms in total. The average molecular weight is 221 g/mol. The topological polar surface area (TPSA) is 63.3 Å². The van der Waals surface area contributed by atoms with Crippen LogP contribution in [0.15, 0.2) is 18.2 Å². The molecule has 1 rings (SSSR count). The normalized spacial score (nSPS) is 12.4. The Labute approximate surface area is 96.3 Å². The summed E-state index contributed by atoms with van der Waals surface area (Å²) in [7, 11) is 0. The van der Waals surface area contributed by atoms with E-state index in [4.69, 9.17) is 5.73 Å². The van der Waals surface area contributed by atoms with Gasteiger partial charge in [-0.2, -0.15) is 0 Å². The fraction of sp³-hybridized carbons (Fsp3) is 0.462. The number of aliphatic carboxylic acids is 1. The molecule has 0 aromatic heterocycles. The van der Waals surface area contributed by atoms with Crippen LogP contribution in [0.5, 0.6) is 0 Å². The van der Waals surface area contributed by atoms with Gasteiger partial charge in [-0.1, -0.05) is 32.0 Å². The van der Waals surface area contributed by atoms with Gasteiger partial charge in [0.25, 0.3) is 0 Å². The summed E-state index contributed by atoms with van der Waals surface area (Å²) in [5.41, 5.74) is 8.68. The van der Waals surface area contributed by atoms with E-state index in [0.717, 1.165) is 29.5 Å². The number of nitrogens with two attached hydrogens (primary N) is 1. The molecule has 1 aromatic carbocycles. The Morgan fingerprint density at radius 1 is 1.31 bits per heavy atom. The van der Waals surface area contributed by atoms with Crippen LogP contribution in [0.3, 0.4) is 0 Å². The van der Waals surface area contributed by atoms with Gasteiger partial charge in [-0.3, -0.25) is 4.79 Å². The quantitative estimate of drug-likeness (QED) is 0.798. The standard InChI is InChI=1S/C13H19NO2/c1-3-9-6-5-7-10(4-2)12(9)11(8-14)13(15)16/h5-7,11H,3-4,8,14H2,1-2H3,(H,15,16). The molecule has 0 spiro atoms. The SMILES string of the molecule is CCc1cccc(CC)c1C(CN)C(=O)O. The molecule has 1 unspecified atom stereocenters. The lowest BCUT2D eigenvalue weighted by Gasteiger charge is -2.18.